The van der Waals surface area contributed by atoms with Crippen molar-refractivity contribution in [3.8, 4) is 0 Å². The zero-order valence-corrected chi connectivity index (χ0v) is 11.5. The standard InChI is InChI=1S/C12H18FN3OS/c1-3-16(4-2)8-7-14-12(17)10-5-6-11(18-13)15-9-10/h5-6,9H,3-4,7-8H2,1-2H3,(H,14,17). The normalized spacial score (nSPS) is 10.7. The molecule has 0 aliphatic heterocycles. The number of likely N-dealkylation sites (N-methyl/N-ethyl adjacent to an activating group) is 1. The molecule has 0 aliphatic rings. The van der Waals surface area contributed by atoms with Crippen molar-refractivity contribution in [3.63, 3.8) is 0 Å². The third kappa shape index (κ3) is 4.62. The number of amides is 1. The number of nitrogens with one attached hydrogen (secondary N) is 1. The molecule has 0 spiro atoms. The van der Waals surface area contributed by atoms with Gasteiger partial charge in [-0.15, -0.1) is 0 Å². The van der Waals surface area contributed by atoms with Gasteiger partial charge in [-0.05, 0) is 25.2 Å². The lowest BCUT2D eigenvalue weighted by molar-refractivity contribution is 0.0948. The fourth-order valence-corrected chi connectivity index (χ4v) is 1.74. The summed E-state index contributed by atoms with van der Waals surface area (Å²) in [7, 11) is 0. The van der Waals surface area contributed by atoms with Crippen molar-refractivity contribution in [3.05, 3.63) is 23.9 Å². The lowest BCUT2D eigenvalue weighted by atomic mass is 10.3. The van der Waals surface area contributed by atoms with Crippen molar-refractivity contribution in [1.82, 2.24) is 15.2 Å². The van der Waals surface area contributed by atoms with E-state index in [1.807, 2.05) is 0 Å². The summed E-state index contributed by atoms with van der Waals surface area (Å²) in [4.78, 5) is 17.8. The van der Waals surface area contributed by atoms with Crippen LogP contribution >= 0.6 is 12.1 Å². The molecule has 0 atom stereocenters. The SMILES string of the molecule is CCN(CC)CCNC(=O)c1ccc(SF)nc1. The first-order valence-corrected chi connectivity index (χ1v) is 6.68. The number of halogens is 1. The molecular formula is C12H18FN3OS. The molecule has 4 nitrogen and oxygen atoms in total. The van der Waals surface area contributed by atoms with Crippen LogP contribution < -0.4 is 5.32 Å². The fourth-order valence-electron chi connectivity index (χ4n) is 1.53. The van der Waals surface area contributed by atoms with Crippen LogP contribution in [0.5, 0.6) is 0 Å². The van der Waals surface area contributed by atoms with Gasteiger partial charge in [0.05, 0.1) is 5.56 Å². The van der Waals surface area contributed by atoms with Crippen LogP contribution in [-0.2, 0) is 0 Å². The van der Waals surface area contributed by atoms with Gasteiger partial charge in [0.1, 0.15) is 17.2 Å². The number of carbonyl (C=O) groups excluding carboxylic acids is 1. The maximum atomic E-state index is 12.2. The molecule has 0 aliphatic carbocycles. The predicted octanol–water partition coefficient (Wildman–Crippen LogP) is 2.13. The molecule has 0 aromatic carbocycles. The van der Waals surface area contributed by atoms with E-state index in [1.54, 1.807) is 6.07 Å². The zero-order chi connectivity index (χ0) is 13.4. The van der Waals surface area contributed by atoms with Crippen LogP contribution in [0.4, 0.5) is 3.89 Å². The number of pyridine rings is 1. The lowest BCUT2D eigenvalue weighted by Gasteiger charge is -2.17. The smallest absolute Gasteiger partial charge is 0.252 e. The van der Waals surface area contributed by atoms with E-state index in [1.165, 1.54) is 12.3 Å². The molecule has 0 bridgehead atoms. The first kappa shape index (κ1) is 14.9. The second-order valence-corrected chi connectivity index (χ2v) is 4.32. The quantitative estimate of drug-likeness (QED) is 0.825. The van der Waals surface area contributed by atoms with E-state index in [0.717, 1.165) is 19.6 Å². The maximum Gasteiger partial charge on any atom is 0.252 e. The molecule has 6 heteroatoms. The molecule has 1 amide bonds. The van der Waals surface area contributed by atoms with E-state index in [2.05, 4.69) is 29.0 Å². The minimum atomic E-state index is -0.176. The second-order valence-electron chi connectivity index (χ2n) is 3.75. The van der Waals surface area contributed by atoms with Crippen molar-refractivity contribution in [2.45, 2.75) is 18.9 Å². The van der Waals surface area contributed by atoms with Crippen LogP contribution in [0.25, 0.3) is 0 Å². The summed E-state index contributed by atoms with van der Waals surface area (Å²) >= 11 is 0.0675. The van der Waals surface area contributed by atoms with Crippen LogP contribution in [-0.4, -0.2) is 42.0 Å². The van der Waals surface area contributed by atoms with Gasteiger partial charge in [0.2, 0.25) is 0 Å². The Morgan fingerprint density at radius 3 is 2.67 bits per heavy atom. The Morgan fingerprint density at radius 1 is 1.44 bits per heavy atom. The minimum absolute atomic E-state index is 0.0675. The van der Waals surface area contributed by atoms with Gasteiger partial charge in [0.15, 0.2) is 0 Å². The van der Waals surface area contributed by atoms with E-state index in [0.29, 0.717) is 12.1 Å². The van der Waals surface area contributed by atoms with Crippen molar-refractivity contribution >= 4 is 18.1 Å². The highest BCUT2D eigenvalue weighted by Gasteiger charge is 2.06. The molecule has 0 saturated heterocycles. The van der Waals surface area contributed by atoms with Gasteiger partial charge in [-0.1, -0.05) is 13.8 Å². The topological polar surface area (TPSA) is 45.2 Å². The first-order chi connectivity index (χ1) is 8.71. The Kier molecular flexibility index (Phi) is 6.67. The summed E-state index contributed by atoms with van der Waals surface area (Å²) in [5.41, 5.74) is 0.451. The number of rotatable bonds is 7. The van der Waals surface area contributed by atoms with Gasteiger partial charge in [0, 0.05) is 19.3 Å². The largest absolute Gasteiger partial charge is 0.351 e. The van der Waals surface area contributed by atoms with Gasteiger partial charge in [-0.2, -0.15) is 3.89 Å². The summed E-state index contributed by atoms with van der Waals surface area (Å²) in [5, 5.41) is 3.07. The number of hydrogen-bond donors (Lipinski definition) is 1. The van der Waals surface area contributed by atoms with E-state index in [4.69, 9.17) is 0 Å². The average Bonchev–Trinajstić information content (AvgIpc) is 2.43. The van der Waals surface area contributed by atoms with Gasteiger partial charge in [-0.25, -0.2) is 4.98 Å². The third-order valence-electron chi connectivity index (χ3n) is 2.69. The van der Waals surface area contributed by atoms with E-state index >= 15 is 0 Å². The van der Waals surface area contributed by atoms with Gasteiger partial charge in [-0.3, -0.25) is 4.79 Å². The summed E-state index contributed by atoms with van der Waals surface area (Å²) < 4.78 is 12.2. The minimum Gasteiger partial charge on any atom is -0.351 e. The highest BCUT2D eigenvalue weighted by atomic mass is 32.2. The Balaban J connectivity index is 2.40. The number of aromatic nitrogens is 1. The molecule has 1 aromatic rings. The van der Waals surface area contributed by atoms with Gasteiger partial charge >= 0.3 is 0 Å². The predicted molar refractivity (Wildman–Crippen MR) is 71.3 cm³/mol. The monoisotopic (exact) mass is 271 g/mol. The molecule has 1 aromatic heterocycles. The van der Waals surface area contributed by atoms with Gasteiger partial charge < -0.3 is 10.2 Å². The third-order valence-corrected chi connectivity index (χ3v) is 3.09. The highest BCUT2D eigenvalue weighted by molar-refractivity contribution is 7.94. The second kappa shape index (κ2) is 8.05. The Hall–Kier alpha value is -1.14. The zero-order valence-electron chi connectivity index (χ0n) is 10.6. The molecule has 0 saturated carbocycles. The Morgan fingerprint density at radius 2 is 2.17 bits per heavy atom. The molecule has 0 unspecified atom stereocenters. The first-order valence-electron chi connectivity index (χ1n) is 5.96. The summed E-state index contributed by atoms with van der Waals surface area (Å²) in [6.07, 6.45) is 1.38. The van der Waals surface area contributed by atoms with Crippen LogP contribution in [0.1, 0.15) is 24.2 Å². The van der Waals surface area contributed by atoms with Gasteiger partial charge in [0.25, 0.3) is 5.91 Å². The lowest BCUT2D eigenvalue weighted by Crippen LogP contribution is -2.34. The fraction of sp³-hybridized carbons (Fsp3) is 0.500. The molecule has 18 heavy (non-hydrogen) atoms. The molecule has 100 valence electrons. The molecule has 1 rings (SSSR count). The molecular weight excluding hydrogens is 253 g/mol. The molecule has 1 N–H and O–H groups in total. The van der Waals surface area contributed by atoms with Crippen molar-refractivity contribution in [2.75, 3.05) is 26.2 Å². The van der Waals surface area contributed by atoms with Crippen LogP contribution in [0.2, 0.25) is 0 Å². The van der Waals surface area contributed by atoms with Crippen molar-refractivity contribution in [1.29, 1.82) is 0 Å². The van der Waals surface area contributed by atoms with E-state index in [-0.39, 0.29) is 23.1 Å². The number of carbonyl (C=O) groups is 1. The summed E-state index contributed by atoms with van der Waals surface area (Å²) in [6, 6.07) is 3.06. The van der Waals surface area contributed by atoms with Crippen molar-refractivity contribution in [2.24, 2.45) is 0 Å². The van der Waals surface area contributed by atoms with Crippen LogP contribution in [0.15, 0.2) is 23.4 Å². The number of nitrogens with zero attached hydrogens (tertiary/aromatic N) is 2. The van der Waals surface area contributed by atoms with Crippen LogP contribution in [0.3, 0.4) is 0 Å². The average molecular weight is 271 g/mol. The molecule has 1 heterocycles. The molecule has 0 radical (unpaired) electrons. The molecule has 0 fully saturated rings. The van der Waals surface area contributed by atoms with E-state index < -0.39 is 0 Å². The maximum absolute atomic E-state index is 12.2. The summed E-state index contributed by atoms with van der Waals surface area (Å²) in [5.74, 6) is -0.176. The van der Waals surface area contributed by atoms with E-state index in [9.17, 15) is 8.68 Å². The summed E-state index contributed by atoms with van der Waals surface area (Å²) in [6.45, 7) is 7.53. The Bertz CT molecular complexity index is 368. The highest BCUT2D eigenvalue weighted by Crippen LogP contribution is 2.15. The van der Waals surface area contributed by atoms with Crippen molar-refractivity contribution < 1.29 is 8.68 Å². The van der Waals surface area contributed by atoms with Crippen LogP contribution in [0, 0.1) is 0 Å². The Labute approximate surface area is 111 Å². The number of hydrogen-bond acceptors (Lipinski definition) is 4.